The zero-order valence-electron chi connectivity index (χ0n) is 10.5. The zero-order chi connectivity index (χ0) is 12.8. The quantitative estimate of drug-likeness (QED) is 0.818. The van der Waals surface area contributed by atoms with Crippen molar-refractivity contribution in [3.63, 3.8) is 0 Å². The van der Waals surface area contributed by atoms with E-state index in [0.29, 0.717) is 0 Å². The number of hydrogen-bond acceptors (Lipinski definition) is 1. The van der Waals surface area contributed by atoms with Gasteiger partial charge in [0.25, 0.3) is 6.43 Å². The topological polar surface area (TPSA) is 12.0 Å². The van der Waals surface area contributed by atoms with E-state index in [4.69, 9.17) is 0 Å². The van der Waals surface area contributed by atoms with Gasteiger partial charge in [-0.05, 0) is 32.0 Å². The molecule has 0 fully saturated rings. The molecule has 0 aromatic heterocycles. The van der Waals surface area contributed by atoms with Gasteiger partial charge in [0.1, 0.15) is 0 Å². The van der Waals surface area contributed by atoms with Crippen molar-refractivity contribution in [1.82, 2.24) is 5.32 Å². The maximum absolute atomic E-state index is 12.5. The Kier molecular flexibility index (Phi) is 5.29. The fourth-order valence-electron chi connectivity index (χ4n) is 1.64. The number of likely N-dealkylation sites (N-methyl/N-ethyl adjacent to an activating group) is 1. The summed E-state index contributed by atoms with van der Waals surface area (Å²) in [5.74, 6) is 0. The van der Waals surface area contributed by atoms with Crippen LogP contribution in [-0.2, 0) is 0 Å². The molecule has 0 aliphatic rings. The van der Waals surface area contributed by atoms with E-state index in [1.54, 1.807) is 6.07 Å². The van der Waals surface area contributed by atoms with Gasteiger partial charge in [0, 0.05) is 11.6 Å². The van der Waals surface area contributed by atoms with Gasteiger partial charge in [-0.2, -0.15) is 0 Å². The Morgan fingerprint density at radius 1 is 1.41 bits per heavy atom. The number of benzene rings is 1. The Balaban J connectivity index is 2.86. The fraction of sp³-hybridized carbons (Fsp3) is 0.429. The van der Waals surface area contributed by atoms with Crippen molar-refractivity contribution in [2.45, 2.75) is 33.2 Å². The second-order valence-corrected chi connectivity index (χ2v) is 4.14. The molecule has 1 aromatic rings. The van der Waals surface area contributed by atoms with Gasteiger partial charge >= 0.3 is 0 Å². The summed E-state index contributed by atoms with van der Waals surface area (Å²) in [6.45, 7) is 7.00. The highest BCUT2D eigenvalue weighted by molar-refractivity contribution is 5.54. The SMILES string of the molecule is CCNC(C)/C(C)=C/c1cccc(C(F)F)c1. The van der Waals surface area contributed by atoms with E-state index in [1.165, 1.54) is 12.1 Å². The van der Waals surface area contributed by atoms with Gasteiger partial charge < -0.3 is 5.32 Å². The summed E-state index contributed by atoms with van der Waals surface area (Å²) < 4.78 is 25.1. The summed E-state index contributed by atoms with van der Waals surface area (Å²) in [5.41, 5.74) is 2.03. The molecule has 3 heteroatoms. The Labute approximate surface area is 102 Å². The smallest absolute Gasteiger partial charge is 0.263 e. The molecule has 94 valence electrons. The standard InChI is InChI=1S/C14H19F2N/c1-4-17-11(3)10(2)8-12-6-5-7-13(9-12)14(15)16/h5-9,11,14,17H,4H2,1-3H3/b10-8+. The molecular formula is C14H19F2N. The summed E-state index contributed by atoms with van der Waals surface area (Å²) >= 11 is 0. The van der Waals surface area contributed by atoms with Crippen LogP contribution in [0.2, 0.25) is 0 Å². The highest BCUT2D eigenvalue weighted by Crippen LogP contribution is 2.20. The summed E-state index contributed by atoms with van der Waals surface area (Å²) in [4.78, 5) is 0. The van der Waals surface area contributed by atoms with Crippen LogP contribution in [0.25, 0.3) is 6.08 Å². The molecular weight excluding hydrogens is 220 g/mol. The minimum Gasteiger partial charge on any atom is -0.311 e. The monoisotopic (exact) mass is 239 g/mol. The van der Waals surface area contributed by atoms with Crippen LogP contribution in [0, 0.1) is 0 Å². The molecule has 0 amide bonds. The van der Waals surface area contributed by atoms with Crippen molar-refractivity contribution in [1.29, 1.82) is 0 Å². The van der Waals surface area contributed by atoms with Gasteiger partial charge in [0.15, 0.2) is 0 Å². The first kappa shape index (κ1) is 13.8. The first-order valence-corrected chi connectivity index (χ1v) is 5.84. The average Bonchev–Trinajstić information content (AvgIpc) is 2.29. The van der Waals surface area contributed by atoms with Gasteiger partial charge in [-0.15, -0.1) is 0 Å². The molecule has 0 bridgehead atoms. The average molecular weight is 239 g/mol. The second kappa shape index (κ2) is 6.50. The molecule has 0 heterocycles. The van der Waals surface area contributed by atoms with Crippen molar-refractivity contribution < 1.29 is 8.78 Å². The molecule has 1 nitrogen and oxygen atoms in total. The predicted molar refractivity (Wildman–Crippen MR) is 68.2 cm³/mol. The van der Waals surface area contributed by atoms with E-state index < -0.39 is 6.43 Å². The molecule has 1 unspecified atom stereocenters. The zero-order valence-corrected chi connectivity index (χ0v) is 10.5. The van der Waals surface area contributed by atoms with Crippen LogP contribution in [0.15, 0.2) is 29.8 Å². The third kappa shape index (κ3) is 4.27. The summed E-state index contributed by atoms with van der Waals surface area (Å²) in [6, 6.07) is 6.75. The molecule has 1 N–H and O–H groups in total. The minimum absolute atomic E-state index is 0.0719. The lowest BCUT2D eigenvalue weighted by Gasteiger charge is -2.13. The van der Waals surface area contributed by atoms with Crippen LogP contribution in [0.3, 0.4) is 0 Å². The number of halogens is 2. The first-order valence-electron chi connectivity index (χ1n) is 5.84. The summed E-state index contributed by atoms with van der Waals surface area (Å²) in [7, 11) is 0. The van der Waals surface area contributed by atoms with Crippen LogP contribution >= 0.6 is 0 Å². The van der Waals surface area contributed by atoms with Crippen LogP contribution in [-0.4, -0.2) is 12.6 Å². The third-order valence-electron chi connectivity index (χ3n) is 2.75. The van der Waals surface area contributed by atoms with Gasteiger partial charge in [-0.3, -0.25) is 0 Å². The van der Waals surface area contributed by atoms with Crippen LogP contribution < -0.4 is 5.32 Å². The lowest BCUT2D eigenvalue weighted by atomic mass is 10.0. The summed E-state index contributed by atoms with van der Waals surface area (Å²) in [6.07, 6.45) is -0.464. The highest BCUT2D eigenvalue weighted by atomic mass is 19.3. The van der Waals surface area contributed by atoms with Crippen LogP contribution in [0.1, 0.15) is 38.3 Å². The Morgan fingerprint density at radius 3 is 2.71 bits per heavy atom. The molecule has 1 aromatic carbocycles. The first-order chi connectivity index (χ1) is 8.04. The highest BCUT2D eigenvalue weighted by Gasteiger charge is 2.07. The Morgan fingerprint density at radius 2 is 2.12 bits per heavy atom. The van der Waals surface area contributed by atoms with Crippen molar-refractivity contribution in [3.8, 4) is 0 Å². The van der Waals surface area contributed by atoms with Crippen molar-refractivity contribution in [3.05, 3.63) is 41.0 Å². The Bertz CT molecular complexity index is 386. The fourth-order valence-corrected chi connectivity index (χ4v) is 1.64. The van der Waals surface area contributed by atoms with Gasteiger partial charge in [0.2, 0.25) is 0 Å². The lowest BCUT2D eigenvalue weighted by molar-refractivity contribution is 0.151. The minimum atomic E-state index is -2.41. The van der Waals surface area contributed by atoms with Crippen LogP contribution in [0.5, 0.6) is 0 Å². The molecule has 17 heavy (non-hydrogen) atoms. The van der Waals surface area contributed by atoms with E-state index >= 15 is 0 Å². The van der Waals surface area contributed by atoms with Crippen LogP contribution in [0.4, 0.5) is 8.78 Å². The number of rotatable bonds is 5. The molecule has 1 atom stereocenters. The van der Waals surface area contributed by atoms with E-state index in [0.717, 1.165) is 17.7 Å². The molecule has 0 saturated carbocycles. The van der Waals surface area contributed by atoms with Gasteiger partial charge in [-0.1, -0.05) is 36.8 Å². The maximum atomic E-state index is 12.5. The number of alkyl halides is 2. The third-order valence-corrected chi connectivity index (χ3v) is 2.75. The van der Waals surface area contributed by atoms with Gasteiger partial charge in [0.05, 0.1) is 0 Å². The van der Waals surface area contributed by atoms with E-state index in [-0.39, 0.29) is 11.6 Å². The van der Waals surface area contributed by atoms with E-state index in [2.05, 4.69) is 12.2 Å². The van der Waals surface area contributed by atoms with Crippen molar-refractivity contribution in [2.24, 2.45) is 0 Å². The maximum Gasteiger partial charge on any atom is 0.263 e. The van der Waals surface area contributed by atoms with Crippen molar-refractivity contribution in [2.75, 3.05) is 6.54 Å². The number of hydrogen-bond donors (Lipinski definition) is 1. The van der Waals surface area contributed by atoms with E-state index in [9.17, 15) is 8.78 Å². The van der Waals surface area contributed by atoms with Crippen molar-refractivity contribution >= 4 is 6.08 Å². The van der Waals surface area contributed by atoms with E-state index in [1.807, 2.05) is 26.0 Å². The Hall–Kier alpha value is -1.22. The number of nitrogens with one attached hydrogen (secondary N) is 1. The summed E-state index contributed by atoms with van der Waals surface area (Å²) in [5, 5.41) is 3.29. The lowest BCUT2D eigenvalue weighted by Crippen LogP contribution is -2.26. The second-order valence-electron chi connectivity index (χ2n) is 4.14. The van der Waals surface area contributed by atoms with Gasteiger partial charge in [-0.25, -0.2) is 8.78 Å². The largest absolute Gasteiger partial charge is 0.311 e. The molecule has 0 aliphatic heterocycles. The predicted octanol–water partition coefficient (Wildman–Crippen LogP) is 4.03. The molecule has 0 aliphatic carbocycles. The normalized spacial score (nSPS) is 14.1. The molecule has 0 spiro atoms. The molecule has 0 radical (unpaired) electrons. The molecule has 1 rings (SSSR count). The molecule has 0 saturated heterocycles.